The van der Waals surface area contributed by atoms with E-state index in [0.29, 0.717) is 30.4 Å². The van der Waals surface area contributed by atoms with Crippen LogP contribution in [0.4, 0.5) is 11.5 Å². The average Bonchev–Trinajstić information content (AvgIpc) is 2.68. The van der Waals surface area contributed by atoms with E-state index in [1.165, 1.54) is 5.56 Å². The fourth-order valence-electron chi connectivity index (χ4n) is 2.82. The van der Waals surface area contributed by atoms with Gasteiger partial charge in [0.1, 0.15) is 17.3 Å². The monoisotopic (exact) mass is 360 g/mol. The van der Waals surface area contributed by atoms with Crippen molar-refractivity contribution in [2.24, 2.45) is 0 Å². The van der Waals surface area contributed by atoms with Gasteiger partial charge in [-0.3, -0.25) is 4.79 Å². The van der Waals surface area contributed by atoms with Crippen LogP contribution in [0.5, 0.6) is 0 Å². The SMILES string of the molecule is CCN(Cc1ccccc1)C(=O)c1cc(Nc2ccc(C)cc2)nc(C)n1. The number of nitrogens with one attached hydrogen (secondary N) is 1. The van der Waals surface area contributed by atoms with Crippen LogP contribution in [0, 0.1) is 13.8 Å². The number of aryl methyl sites for hydroxylation is 2. The van der Waals surface area contributed by atoms with Gasteiger partial charge in [-0.05, 0) is 38.5 Å². The summed E-state index contributed by atoms with van der Waals surface area (Å²) in [6, 6.07) is 19.7. The fraction of sp³-hybridized carbons (Fsp3) is 0.227. The normalized spacial score (nSPS) is 10.5. The molecule has 0 radical (unpaired) electrons. The molecule has 1 N–H and O–H groups in total. The standard InChI is InChI=1S/C22H24N4O/c1-4-26(15-18-8-6-5-7-9-18)22(27)20-14-21(24-17(3)23-20)25-19-12-10-16(2)11-13-19/h5-14H,4,15H2,1-3H3,(H,23,24,25). The van der Waals surface area contributed by atoms with Crippen molar-refractivity contribution >= 4 is 17.4 Å². The summed E-state index contributed by atoms with van der Waals surface area (Å²) in [5.74, 6) is 1.08. The Hall–Kier alpha value is -3.21. The van der Waals surface area contributed by atoms with E-state index in [-0.39, 0.29) is 5.91 Å². The fourth-order valence-corrected chi connectivity index (χ4v) is 2.82. The molecule has 3 aromatic rings. The van der Waals surface area contributed by atoms with Crippen LogP contribution >= 0.6 is 0 Å². The number of nitrogens with zero attached hydrogens (tertiary/aromatic N) is 3. The minimum absolute atomic E-state index is 0.0983. The van der Waals surface area contributed by atoms with E-state index < -0.39 is 0 Å². The molecule has 0 fully saturated rings. The van der Waals surface area contributed by atoms with Gasteiger partial charge < -0.3 is 10.2 Å². The van der Waals surface area contributed by atoms with E-state index in [0.717, 1.165) is 11.3 Å². The number of rotatable bonds is 6. The molecule has 0 atom stereocenters. The second-order valence-corrected chi connectivity index (χ2v) is 6.48. The zero-order chi connectivity index (χ0) is 19.2. The largest absolute Gasteiger partial charge is 0.340 e. The number of hydrogen-bond acceptors (Lipinski definition) is 4. The van der Waals surface area contributed by atoms with E-state index in [2.05, 4.69) is 15.3 Å². The smallest absolute Gasteiger partial charge is 0.272 e. The van der Waals surface area contributed by atoms with Crippen molar-refractivity contribution in [3.8, 4) is 0 Å². The van der Waals surface area contributed by atoms with E-state index in [1.54, 1.807) is 17.9 Å². The summed E-state index contributed by atoms with van der Waals surface area (Å²) in [7, 11) is 0. The zero-order valence-corrected chi connectivity index (χ0v) is 15.9. The molecule has 138 valence electrons. The molecule has 0 aliphatic carbocycles. The summed E-state index contributed by atoms with van der Waals surface area (Å²) in [4.78, 5) is 23.5. The Labute approximate surface area is 160 Å². The van der Waals surface area contributed by atoms with Crippen molar-refractivity contribution in [3.05, 3.63) is 83.3 Å². The second-order valence-electron chi connectivity index (χ2n) is 6.48. The Morgan fingerprint density at radius 1 is 1.00 bits per heavy atom. The average molecular weight is 360 g/mol. The van der Waals surface area contributed by atoms with Crippen LogP contribution in [0.1, 0.15) is 34.4 Å². The molecule has 0 unspecified atom stereocenters. The molecular weight excluding hydrogens is 336 g/mol. The molecule has 0 bridgehead atoms. The predicted octanol–water partition coefficient (Wildman–Crippen LogP) is 4.50. The molecule has 0 aliphatic heterocycles. The van der Waals surface area contributed by atoms with Gasteiger partial charge in [0.15, 0.2) is 0 Å². The maximum atomic E-state index is 13.0. The van der Waals surface area contributed by atoms with E-state index in [1.807, 2.05) is 68.4 Å². The van der Waals surface area contributed by atoms with E-state index in [9.17, 15) is 4.79 Å². The van der Waals surface area contributed by atoms with Crippen molar-refractivity contribution < 1.29 is 4.79 Å². The van der Waals surface area contributed by atoms with Crippen LogP contribution in [0.15, 0.2) is 60.7 Å². The Kier molecular flexibility index (Phi) is 5.81. The van der Waals surface area contributed by atoms with Gasteiger partial charge >= 0.3 is 0 Å². The van der Waals surface area contributed by atoms with Crippen molar-refractivity contribution in [2.45, 2.75) is 27.3 Å². The Bertz CT molecular complexity index is 907. The van der Waals surface area contributed by atoms with E-state index >= 15 is 0 Å². The summed E-state index contributed by atoms with van der Waals surface area (Å²) < 4.78 is 0. The summed E-state index contributed by atoms with van der Waals surface area (Å²) in [6.07, 6.45) is 0. The highest BCUT2D eigenvalue weighted by Crippen LogP contribution is 2.17. The molecule has 1 heterocycles. The number of aromatic nitrogens is 2. The van der Waals surface area contributed by atoms with Crippen LogP contribution in [0.2, 0.25) is 0 Å². The lowest BCUT2D eigenvalue weighted by molar-refractivity contribution is 0.0746. The first kappa shape index (κ1) is 18.6. The first-order valence-electron chi connectivity index (χ1n) is 9.07. The third-order valence-corrected chi connectivity index (χ3v) is 4.27. The first-order chi connectivity index (χ1) is 13.0. The molecule has 0 spiro atoms. The lowest BCUT2D eigenvalue weighted by Gasteiger charge is -2.21. The zero-order valence-electron chi connectivity index (χ0n) is 15.9. The highest BCUT2D eigenvalue weighted by molar-refractivity contribution is 5.93. The van der Waals surface area contributed by atoms with Crippen molar-refractivity contribution in [3.63, 3.8) is 0 Å². The Morgan fingerprint density at radius 2 is 1.70 bits per heavy atom. The third kappa shape index (κ3) is 4.91. The van der Waals surface area contributed by atoms with Gasteiger partial charge in [0.05, 0.1) is 0 Å². The van der Waals surface area contributed by atoms with Gasteiger partial charge in [0.2, 0.25) is 0 Å². The number of benzene rings is 2. The summed E-state index contributed by atoms with van der Waals surface area (Å²) in [5.41, 5.74) is 3.61. The van der Waals surface area contributed by atoms with Gasteiger partial charge in [-0.15, -0.1) is 0 Å². The minimum atomic E-state index is -0.0983. The molecule has 2 aromatic carbocycles. The number of carbonyl (C=O) groups is 1. The minimum Gasteiger partial charge on any atom is -0.340 e. The van der Waals surface area contributed by atoms with Crippen molar-refractivity contribution in [1.29, 1.82) is 0 Å². The molecule has 0 saturated heterocycles. The Morgan fingerprint density at radius 3 is 2.37 bits per heavy atom. The van der Waals surface area contributed by atoms with Gasteiger partial charge in [-0.1, -0.05) is 48.0 Å². The summed E-state index contributed by atoms with van der Waals surface area (Å²) >= 11 is 0. The topological polar surface area (TPSA) is 58.1 Å². The van der Waals surface area contributed by atoms with E-state index in [4.69, 9.17) is 0 Å². The molecule has 1 aromatic heterocycles. The molecule has 1 amide bonds. The van der Waals surface area contributed by atoms with Crippen molar-refractivity contribution in [1.82, 2.24) is 14.9 Å². The molecular formula is C22H24N4O. The van der Waals surface area contributed by atoms with Crippen LogP contribution in [0.3, 0.4) is 0 Å². The van der Waals surface area contributed by atoms with Crippen LogP contribution < -0.4 is 5.32 Å². The Balaban J connectivity index is 1.81. The molecule has 5 heteroatoms. The van der Waals surface area contributed by atoms with Gasteiger partial charge in [0.25, 0.3) is 5.91 Å². The van der Waals surface area contributed by atoms with Gasteiger partial charge in [-0.2, -0.15) is 0 Å². The molecule has 0 saturated carbocycles. The highest BCUT2D eigenvalue weighted by Gasteiger charge is 2.17. The molecule has 3 rings (SSSR count). The number of carbonyl (C=O) groups excluding carboxylic acids is 1. The maximum Gasteiger partial charge on any atom is 0.272 e. The third-order valence-electron chi connectivity index (χ3n) is 4.27. The van der Waals surface area contributed by atoms with Crippen molar-refractivity contribution in [2.75, 3.05) is 11.9 Å². The summed E-state index contributed by atoms with van der Waals surface area (Å²) in [6.45, 7) is 6.98. The lowest BCUT2D eigenvalue weighted by Crippen LogP contribution is -2.31. The first-order valence-corrected chi connectivity index (χ1v) is 9.07. The lowest BCUT2D eigenvalue weighted by atomic mass is 10.2. The number of anilines is 2. The number of hydrogen-bond donors (Lipinski definition) is 1. The summed E-state index contributed by atoms with van der Waals surface area (Å²) in [5, 5.41) is 3.25. The van der Waals surface area contributed by atoms with Gasteiger partial charge in [0, 0.05) is 24.8 Å². The van der Waals surface area contributed by atoms with Crippen LogP contribution in [-0.2, 0) is 6.54 Å². The predicted molar refractivity (Wildman–Crippen MR) is 108 cm³/mol. The maximum absolute atomic E-state index is 13.0. The number of amides is 1. The quantitative estimate of drug-likeness (QED) is 0.703. The molecule has 5 nitrogen and oxygen atoms in total. The second kappa shape index (κ2) is 8.45. The molecule has 27 heavy (non-hydrogen) atoms. The van der Waals surface area contributed by atoms with Crippen LogP contribution in [-0.4, -0.2) is 27.3 Å². The van der Waals surface area contributed by atoms with Gasteiger partial charge in [-0.25, -0.2) is 9.97 Å². The highest BCUT2D eigenvalue weighted by atomic mass is 16.2. The molecule has 0 aliphatic rings. The van der Waals surface area contributed by atoms with Crippen LogP contribution in [0.25, 0.3) is 0 Å².